The third-order valence-corrected chi connectivity index (χ3v) is 2.92. The van der Waals surface area contributed by atoms with E-state index in [1.54, 1.807) is 0 Å². The van der Waals surface area contributed by atoms with Gasteiger partial charge in [0.25, 0.3) is 0 Å². The summed E-state index contributed by atoms with van der Waals surface area (Å²) < 4.78 is 0. The summed E-state index contributed by atoms with van der Waals surface area (Å²) >= 11 is 7.74. The number of pyridine rings is 1. The van der Waals surface area contributed by atoms with Crippen LogP contribution in [0.25, 0.3) is 0 Å². The number of hydrogen-bond donors (Lipinski definition) is 4. The van der Waals surface area contributed by atoms with Gasteiger partial charge < -0.3 is 10.2 Å². The van der Waals surface area contributed by atoms with E-state index in [1.807, 2.05) is 0 Å². The van der Waals surface area contributed by atoms with Crippen molar-refractivity contribution in [3.63, 3.8) is 0 Å². The van der Waals surface area contributed by atoms with E-state index in [9.17, 15) is 9.59 Å². The molecule has 1 aromatic heterocycles. The Morgan fingerprint density at radius 2 is 1.41 bits per heavy atom. The van der Waals surface area contributed by atoms with Crippen LogP contribution >= 0.6 is 25.3 Å². The van der Waals surface area contributed by atoms with Crippen LogP contribution in [0.1, 0.15) is 21.6 Å². The van der Waals surface area contributed by atoms with Crippen molar-refractivity contribution in [2.75, 3.05) is 0 Å². The molecule has 0 aliphatic rings. The monoisotopic (exact) mass is 299 g/mol. The molecule has 2 unspecified atom stereocenters. The Morgan fingerprint density at radius 3 is 1.71 bits per heavy atom. The molecule has 88 valence electrons. The van der Waals surface area contributed by atoms with Crippen molar-refractivity contribution in [1.82, 2.24) is 4.98 Å². The van der Waals surface area contributed by atoms with Gasteiger partial charge in [-0.1, -0.05) is 0 Å². The molecule has 0 aliphatic heterocycles. The predicted octanol–water partition coefficient (Wildman–Crippen LogP) is 0.544. The number of aliphatic carboxylic acids is 2. The molecule has 0 amide bonds. The molecule has 0 saturated carbocycles. The summed E-state index contributed by atoms with van der Waals surface area (Å²) in [5, 5.41) is 15.4. The molecule has 1 heterocycles. The third-order valence-electron chi connectivity index (χ3n) is 1.88. The molecular formula is C9H10KNO4S2. The Bertz CT molecular complexity index is 394. The molecule has 17 heavy (non-hydrogen) atoms. The van der Waals surface area contributed by atoms with Gasteiger partial charge in [0.15, 0.2) is 0 Å². The Morgan fingerprint density at radius 1 is 1.06 bits per heavy atom. The van der Waals surface area contributed by atoms with Crippen molar-refractivity contribution >= 4 is 88.6 Å². The van der Waals surface area contributed by atoms with E-state index in [0.29, 0.717) is 11.1 Å². The van der Waals surface area contributed by atoms with Crippen LogP contribution in [0, 0.1) is 0 Å². The van der Waals surface area contributed by atoms with Gasteiger partial charge in [-0.3, -0.25) is 14.6 Å². The SMILES string of the molecule is O=C(O)C(S)c1cncc(C(S)C(=O)O)c1.[KH]. The first kappa shape index (κ1) is 17.4. The average molecular weight is 299 g/mol. The van der Waals surface area contributed by atoms with Crippen LogP contribution in [0.5, 0.6) is 0 Å². The number of thiol groups is 2. The fourth-order valence-electron chi connectivity index (χ4n) is 1.06. The Hall–Kier alpha value is 0.426. The Kier molecular flexibility index (Phi) is 7.97. The number of carboxylic acid groups (broad SMARTS) is 2. The van der Waals surface area contributed by atoms with Crippen LogP contribution in [0.3, 0.4) is 0 Å². The van der Waals surface area contributed by atoms with E-state index in [2.05, 4.69) is 30.2 Å². The second-order valence-electron chi connectivity index (χ2n) is 3.03. The van der Waals surface area contributed by atoms with Crippen molar-refractivity contribution in [2.24, 2.45) is 0 Å². The van der Waals surface area contributed by atoms with Gasteiger partial charge in [0.1, 0.15) is 10.5 Å². The molecule has 1 rings (SSSR count). The van der Waals surface area contributed by atoms with Gasteiger partial charge in [-0.2, -0.15) is 25.3 Å². The van der Waals surface area contributed by atoms with Crippen molar-refractivity contribution < 1.29 is 19.8 Å². The fraction of sp³-hybridized carbons (Fsp3) is 0.222. The van der Waals surface area contributed by atoms with Crippen molar-refractivity contribution in [2.45, 2.75) is 10.5 Å². The topological polar surface area (TPSA) is 87.5 Å². The maximum absolute atomic E-state index is 10.7. The number of carbonyl (C=O) groups is 2. The molecular weight excluding hydrogens is 289 g/mol. The molecule has 0 saturated heterocycles. The molecule has 0 bridgehead atoms. The summed E-state index contributed by atoms with van der Waals surface area (Å²) in [6, 6.07) is 1.42. The Balaban J connectivity index is 0.00000256. The molecule has 0 fully saturated rings. The molecule has 5 nitrogen and oxygen atoms in total. The summed E-state index contributed by atoms with van der Waals surface area (Å²) in [6.45, 7) is 0. The summed E-state index contributed by atoms with van der Waals surface area (Å²) in [7, 11) is 0. The van der Waals surface area contributed by atoms with Gasteiger partial charge >= 0.3 is 63.3 Å². The van der Waals surface area contributed by atoms with Gasteiger partial charge in [-0.05, 0) is 17.2 Å². The summed E-state index contributed by atoms with van der Waals surface area (Å²) in [5.41, 5.74) is 0.655. The van der Waals surface area contributed by atoms with E-state index in [0.717, 1.165) is 0 Å². The van der Waals surface area contributed by atoms with Gasteiger partial charge in [0.05, 0.1) is 0 Å². The molecule has 0 aromatic carbocycles. The van der Waals surface area contributed by atoms with Crippen LogP contribution in [0.2, 0.25) is 0 Å². The van der Waals surface area contributed by atoms with Crippen LogP contribution in [0.4, 0.5) is 0 Å². The number of carboxylic acids is 2. The second-order valence-corrected chi connectivity index (χ2v) is 4.07. The van der Waals surface area contributed by atoms with Gasteiger partial charge in [-0.15, -0.1) is 0 Å². The first-order chi connectivity index (χ1) is 7.43. The average Bonchev–Trinajstić information content (AvgIpc) is 2.26. The number of rotatable bonds is 4. The van der Waals surface area contributed by atoms with E-state index in [4.69, 9.17) is 10.2 Å². The van der Waals surface area contributed by atoms with Crippen LogP contribution in [-0.2, 0) is 9.59 Å². The fourth-order valence-corrected chi connectivity index (χ4v) is 1.34. The first-order valence-electron chi connectivity index (χ1n) is 4.20. The van der Waals surface area contributed by atoms with Gasteiger partial charge in [0.2, 0.25) is 0 Å². The van der Waals surface area contributed by atoms with Crippen LogP contribution < -0.4 is 0 Å². The molecule has 0 spiro atoms. The van der Waals surface area contributed by atoms with Crippen molar-refractivity contribution in [3.05, 3.63) is 29.6 Å². The van der Waals surface area contributed by atoms with Crippen LogP contribution in [-0.4, -0.2) is 78.5 Å². The zero-order valence-electron chi connectivity index (χ0n) is 7.94. The zero-order valence-corrected chi connectivity index (χ0v) is 9.73. The minimum atomic E-state index is -1.12. The molecule has 2 atom stereocenters. The predicted molar refractivity (Wildman–Crippen MR) is 70.1 cm³/mol. The van der Waals surface area contributed by atoms with Crippen molar-refractivity contribution in [3.8, 4) is 0 Å². The summed E-state index contributed by atoms with van der Waals surface area (Å²) in [5.74, 6) is -2.23. The van der Waals surface area contributed by atoms with E-state index in [-0.39, 0.29) is 51.4 Å². The van der Waals surface area contributed by atoms with Crippen LogP contribution in [0.15, 0.2) is 18.5 Å². The van der Waals surface area contributed by atoms with Crippen molar-refractivity contribution in [1.29, 1.82) is 0 Å². The van der Waals surface area contributed by atoms with E-state index < -0.39 is 22.4 Å². The minimum absolute atomic E-state index is 0. The van der Waals surface area contributed by atoms with E-state index in [1.165, 1.54) is 18.5 Å². The normalized spacial score (nSPS) is 13.3. The standard InChI is InChI=1S/C9H9NO4S2.K.H/c11-8(12)6(15)4-1-5(3-10-2-4)7(16)9(13)14;;/h1-3,6-7,15-16H,(H,11,12)(H,13,14);;. The number of hydrogen-bond acceptors (Lipinski definition) is 5. The number of nitrogens with zero attached hydrogens (tertiary/aromatic N) is 1. The van der Waals surface area contributed by atoms with Gasteiger partial charge in [0, 0.05) is 12.4 Å². The zero-order chi connectivity index (χ0) is 12.3. The first-order valence-corrected chi connectivity index (χ1v) is 5.23. The maximum atomic E-state index is 10.7. The number of aromatic nitrogens is 1. The molecule has 1 aromatic rings. The molecule has 8 heteroatoms. The summed E-state index contributed by atoms with van der Waals surface area (Å²) in [6.07, 6.45) is 2.66. The molecule has 2 N–H and O–H groups in total. The summed E-state index contributed by atoms with van der Waals surface area (Å²) in [4.78, 5) is 25.1. The Labute approximate surface area is 151 Å². The quantitative estimate of drug-likeness (QED) is 0.482. The van der Waals surface area contributed by atoms with Gasteiger partial charge in [-0.25, -0.2) is 0 Å². The third kappa shape index (κ3) is 4.90. The molecule has 0 aliphatic carbocycles. The van der Waals surface area contributed by atoms with E-state index >= 15 is 0 Å². The second kappa shape index (κ2) is 7.77. The molecule has 0 radical (unpaired) electrons.